The zero-order valence-corrected chi connectivity index (χ0v) is 10.7. The van der Waals surface area contributed by atoms with Crippen molar-refractivity contribution in [2.45, 2.75) is 25.7 Å². The summed E-state index contributed by atoms with van der Waals surface area (Å²) in [5, 5.41) is 7.66. The maximum Gasteiger partial charge on any atom is 0.134 e. The van der Waals surface area contributed by atoms with Crippen LogP contribution < -0.4 is 5.32 Å². The van der Waals surface area contributed by atoms with Gasteiger partial charge in [-0.25, -0.2) is 9.97 Å². The van der Waals surface area contributed by atoms with E-state index in [0.29, 0.717) is 5.92 Å². The van der Waals surface area contributed by atoms with Crippen molar-refractivity contribution in [2.24, 2.45) is 7.05 Å². The highest BCUT2D eigenvalue weighted by atomic mass is 15.3. The quantitative estimate of drug-likeness (QED) is 0.894. The van der Waals surface area contributed by atoms with E-state index in [0.717, 1.165) is 29.6 Å². The first kappa shape index (κ1) is 11.2. The number of hydrogen-bond donors (Lipinski definition) is 1. The molecule has 1 aliphatic rings. The van der Waals surface area contributed by atoms with Gasteiger partial charge in [0.15, 0.2) is 0 Å². The lowest BCUT2D eigenvalue weighted by atomic mass is 10.2. The van der Waals surface area contributed by atoms with Gasteiger partial charge in [-0.15, -0.1) is 0 Å². The normalized spacial score (nSPS) is 14.8. The second-order valence-corrected chi connectivity index (χ2v) is 4.68. The minimum Gasteiger partial charge on any atom is -0.370 e. The van der Waals surface area contributed by atoms with Crippen LogP contribution in [0, 0.1) is 0 Å². The fourth-order valence-electron chi connectivity index (χ4n) is 1.94. The molecule has 0 aromatic carbocycles. The second kappa shape index (κ2) is 4.40. The summed E-state index contributed by atoms with van der Waals surface area (Å²) in [6, 6.07) is 3.95. The maximum absolute atomic E-state index is 4.63. The largest absolute Gasteiger partial charge is 0.370 e. The Bertz CT molecular complexity index is 556. The molecule has 0 unspecified atom stereocenters. The van der Waals surface area contributed by atoms with Crippen molar-refractivity contribution in [1.82, 2.24) is 19.7 Å². The van der Waals surface area contributed by atoms with Gasteiger partial charge >= 0.3 is 0 Å². The minimum atomic E-state index is 0.547. The van der Waals surface area contributed by atoms with Gasteiger partial charge in [-0.3, -0.25) is 4.68 Å². The smallest absolute Gasteiger partial charge is 0.134 e. The fraction of sp³-hybridized carbons (Fsp3) is 0.462. The number of aryl methyl sites for hydroxylation is 1. The Morgan fingerprint density at radius 1 is 1.33 bits per heavy atom. The maximum atomic E-state index is 4.63. The van der Waals surface area contributed by atoms with Gasteiger partial charge in [0.1, 0.15) is 17.3 Å². The average molecular weight is 243 g/mol. The lowest BCUT2D eigenvalue weighted by Gasteiger charge is -2.07. The molecule has 0 aliphatic heterocycles. The summed E-state index contributed by atoms with van der Waals surface area (Å²) in [5.74, 6) is 2.40. The van der Waals surface area contributed by atoms with Crippen LogP contribution >= 0.6 is 0 Å². The molecule has 18 heavy (non-hydrogen) atoms. The summed E-state index contributed by atoms with van der Waals surface area (Å²) in [5.41, 5.74) is 1.81. The zero-order valence-electron chi connectivity index (χ0n) is 10.7. The van der Waals surface area contributed by atoms with Crippen LogP contribution in [-0.2, 0) is 7.05 Å². The van der Waals surface area contributed by atoms with Gasteiger partial charge in [-0.05, 0) is 25.8 Å². The van der Waals surface area contributed by atoms with Crippen LogP contribution in [0.25, 0.3) is 11.4 Å². The first-order chi connectivity index (χ1) is 8.76. The number of nitrogens with one attached hydrogen (secondary N) is 1. The van der Waals surface area contributed by atoms with Gasteiger partial charge in [0, 0.05) is 31.8 Å². The molecule has 1 fully saturated rings. The first-order valence-electron chi connectivity index (χ1n) is 6.39. The summed E-state index contributed by atoms with van der Waals surface area (Å²) in [4.78, 5) is 9.19. The zero-order chi connectivity index (χ0) is 12.5. The molecule has 1 aliphatic carbocycles. The Labute approximate surface area is 106 Å². The molecular weight excluding hydrogens is 226 g/mol. The SMILES string of the molecule is CCNc1cc(-c2ccn(C)n2)nc(C2CC2)n1. The molecule has 3 rings (SSSR count). The molecule has 94 valence electrons. The summed E-state index contributed by atoms with van der Waals surface area (Å²) in [7, 11) is 1.91. The average Bonchev–Trinajstić information content (AvgIpc) is 3.12. The molecule has 2 heterocycles. The highest BCUT2D eigenvalue weighted by Crippen LogP contribution is 2.39. The van der Waals surface area contributed by atoms with E-state index in [1.54, 1.807) is 4.68 Å². The third kappa shape index (κ3) is 2.20. The Kier molecular flexibility index (Phi) is 2.74. The Hall–Kier alpha value is -1.91. The van der Waals surface area contributed by atoms with Crippen molar-refractivity contribution in [3.8, 4) is 11.4 Å². The lowest BCUT2D eigenvalue weighted by molar-refractivity contribution is 0.769. The summed E-state index contributed by atoms with van der Waals surface area (Å²) in [6.45, 7) is 2.93. The molecule has 1 saturated carbocycles. The van der Waals surface area contributed by atoms with E-state index in [-0.39, 0.29) is 0 Å². The van der Waals surface area contributed by atoms with Crippen molar-refractivity contribution in [3.05, 3.63) is 24.2 Å². The van der Waals surface area contributed by atoms with Crippen molar-refractivity contribution in [3.63, 3.8) is 0 Å². The van der Waals surface area contributed by atoms with Crippen LogP contribution in [0.2, 0.25) is 0 Å². The Balaban J connectivity index is 2.01. The molecule has 1 N–H and O–H groups in total. The van der Waals surface area contributed by atoms with Gasteiger partial charge in [-0.1, -0.05) is 0 Å². The molecule has 0 bridgehead atoms. The Morgan fingerprint density at radius 3 is 2.78 bits per heavy atom. The number of rotatable bonds is 4. The van der Waals surface area contributed by atoms with Crippen LogP contribution in [0.4, 0.5) is 5.82 Å². The van der Waals surface area contributed by atoms with Crippen molar-refractivity contribution in [1.29, 1.82) is 0 Å². The van der Waals surface area contributed by atoms with Crippen LogP contribution in [0.5, 0.6) is 0 Å². The van der Waals surface area contributed by atoms with Crippen molar-refractivity contribution in [2.75, 3.05) is 11.9 Å². The summed E-state index contributed by atoms with van der Waals surface area (Å²) in [6.07, 6.45) is 4.34. The minimum absolute atomic E-state index is 0.547. The highest BCUT2D eigenvalue weighted by molar-refractivity contribution is 5.58. The van der Waals surface area contributed by atoms with E-state index in [1.807, 2.05) is 25.4 Å². The highest BCUT2D eigenvalue weighted by Gasteiger charge is 2.27. The van der Waals surface area contributed by atoms with E-state index >= 15 is 0 Å². The van der Waals surface area contributed by atoms with E-state index in [9.17, 15) is 0 Å². The van der Waals surface area contributed by atoms with Gasteiger partial charge < -0.3 is 5.32 Å². The molecule has 2 aromatic rings. The predicted octanol–water partition coefficient (Wildman–Crippen LogP) is 2.19. The summed E-state index contributed by atoms with van der Waals surface area (Å²) >= 11 is 0. The number of hydrogen-bond acceptors (Lipinski definition) is 4. The molecule has 0 amide bonds. The van der Waals surface area contributed by atoms with Crippen molar-refractivity contribution >= 4 is 5.82 Å². The molecule has 0 radical (unpaired) electrons. The molecule has 0 spiro atoms. The van der Waals surface area contributed by atoms with Gasteiger partial charge in [0.05, 0.1) is 5.69 Å². The van der Waals surface area contributed by atoms with Gasteiger partial charge in [0.25, 0.3) is 0 Å². The molecule has 5 nitrogen and oxygen atoms in total. The van der Waals surface area contributed by atoms with Crippen molar-refractivity contribution < 1.29 is 0 Å². The monoisotopic (exact) mass is 243 g/mol. The van der Waals surface area contributed by atoms with E-state index in [4.69, 9.17) is 0 Å². The van der Waals surface area contributed by atoms with Crippen LogP contribution in [0.1, 0.15) is 31.5 Å². The Morgan fingerprint density at radius 2 is 2.17 bits per heavy atom. The molecule has 5 heteroatoms. The first-order valence-corrected chi connectivity index (χ1v) is 6.39. The van der Waals surface area contributed by atoms with Gasteiger partial charge in [0.2, 0.25) is 0 Å². The number of anilines is 1. The van der Waals surface area contributed by atoms with Gasteiger partial charge in [-0.2, -0.15) is 5.10 Å². The van der Waals surface area contributed by atoms with E-state index < -0.39 is 0 Å². The molecule has 0 saturated heterocycles. The van der Waals surface area contributed by atoms with E-state index in [2.05, 4.69) is 27.3 Å². The number of nitrogens with zero attached hydrogens (tertiary/aromatic N) is 4. The van der Waals surface area contributed by atoms with Crippen LogP contribution in [0.3, 0.4) is 0 Å². The third-order valence-corrected chi connectivity index (χ3v) is 3.02. The molecular formula is C13H17N5. The molecule has 0 atom stereocenters. The fourth-order valence-corrected chi connectivity index (χ4v) is 1.94. The van der Waals surface area contributed by atoms with Crippen LogP contribution in [-0.4, -0.2) is 26.3 Å². The topological polar surface area (TPSA) is 55.6 Å². The molecule has 2 aromatic heterocycles. The number of aromatic nitrogens is 4. The summed E-state index contributed by atoms with van der Waals surface area (Å²) < 4.78 is 1.79. The standard InChI is InChI=1S/C13H17N5/c1-3-14-12-8-11(10-6-7-18(2)17-10)15-13(16-12)9-4-5-9/h6-9H,3-5H2,1-2H3,(H,14,15,16). The lowest BCUT2D eigenvalue weighted by Crippen LogP contribution is -2.04. The third-order valence-electron chi connectivity index (χ3n) is 3.02. The second-order valence-electron chi connectivity index (χ2n) is 4.68. The predicted molar refractivity (Wildman–Crippen MR) is 70.4 cm³/mol. The van der Waals surface area contributed by atoms with E-state index in [1.165, 1.54) is 12.8 Å². The van der Waals surface area contributed by atoms with Crippen LogP contribution in [0.15, 0.2) is 18.3 Å².